The Hall–Kier alpha value is -2.92. The molecule has 160 valence electrons. The largest absolute Gasteiger partial charge is 0.507 e. The predicted octanol–water partition coefficient (Wildman–Crippen LogP) is -0.546. The number of para-hydroxylation sites is 1. The van der Waals surface area contributed by atoms with E-state index in [2.05, 4.69) is 10.6 Å². The number of rotatable bonds is 11. The van der Waals surface area contributed by atoms with Gasteiger partial charge in [-0.2, -0.15) is 0 Å². The number of carboxylic acids is 1. The van der Waals surface area contributed by atoms with Crippen molar-refractivity contribution in [3.05, 3.63) is 64.7 Å². The molecule has 0 saturated carbocycles. The highest BCUT2D eigenvalue weighted by Crippen LogP contribution is 2.24. The number of nitrogens with one attached hydrogen (secondary N) is 2. The SMILES string of the molecule is O=C(Cc1ccc(CNCCO)cc1)N[C@@H](Cc1cccc(C(=O)O)c1O)B(O)O. The molecule has 0 bridgehead atoms. The summed E-state index contributed by atoms with van der Waals surface area (Å²) in [7, 11) is -1.90. The third-order valence-electron chi connectivity index (χ3n) is 4.50. The van der Waals surface area contributed by atoms with E-state index in [0.717, 1.165) is 11.1 Å². The van der Waals surface area contributed by atoms with E-state index in [4.69, 9.17) is 10.2 Å². The number of benzene rings is 2. The molecule has 0 radical (unpaired) electrons. The van der Waals surface area contributed by atoms with Crippen molar-refractivity contribution in [2.24, 2.45) is 0 Å². The van der Waals surface area contributed by atoms with Crippen molar-refractivity contribution in [1.29, 1.82) is 0 Å². The molecule has 0 unspecified atom stereocenters. The fraction of sp³-hybridized carbons (Fsp3) is 0.300. The smallest absolute Gasteiger partial charge is 0.475 e. The highest BCUT2D eigenvalue weighted by molar-refractivity contribution is 6.43. The fourth-order valence-corrected chi connectivity index (χ4v) is 2.93. The number of hydrogen-bond donors (Lipinski definition) is 7. The zero-order chi connectivity index (χ0) is 22.1. The maximum atomic E-state index is 12.3. The van der Waals surface area contributed by atoms with Crippen molar-refractivity contribution in [2.75, 3.05) is 13.2 Å². The molecule has 0 fully saturated rings. The summed E-state index contributed by atoms with van der Waals surface area (Å²) >= 11 is 0. The highest BCUT2D eigenvalue weighted by atomic mass is 16.4. The molecule has 0 aromatic heterocycles. The summed E-state index contributed by atoms with van der Waals surface area (Å²) < 4.78 is 0. The van der Waals surface area contributed by atoms with E-state index in [-0.39, 0.29) is 30.6 Å². The summed E-state index contributed by atoms with van der Waals surface area (Å²) in [6, 6.07) is 11.4. The molecular weight excluding hydrogens is 391 g/mol. The third kappa shape index (κ3) is 6.85. The number of phenols is 1. The quantitative estimate of drug-likeness (QED) is 0.190. The molecule has 1 atom stereocenters. The minimum atomic E-state index is -1.90. The number of aliphatic hydroxyl groups is 1. The van der Waals surface area contributed by atoms with Crippen LogP contribution in [0.25, 0.3) is 0 Å². The van der Waals surface area contributed by atoms with Gasteiger partial charge < -0.3 is 36.0 Å². The van der Waals surface area contributed by atoms with Crippen molar-refractivity contribution in [3.63, 3.8) is 0 Å². The summed E-state index contributed by atoms with van der Waals surface area (Å²) in [4.78, 5) is 23.5. The Morgan fingerprint density at radius 3 is 2.30 bits per heavy atom. The van der Waals surface area contributed by atoms with Crippen LogP contribution in [0.15, 0.2) is 42.5 Å². The Morgan fingerprint density at radius 1 is 1.03 bits per heavy atom. The summed E-state index contributed by atoms with van der Waals surface area (Å²) in [6.45, 7) is 1.12. The van der Waals surface area contributed by atoms with Crippen molar-refractivity contribution < 1.29 is 35.0 Å². The van der Waals surface area contributed by atoms with Crippen molar-refractivity contribution in [1.82, 2.24) is 10.6 Å². The summed E-state index contributed by atoms with van der Waals surface area (Å²) in [5.74, 6) is -3.37. The van der Waals surface area contributed by atoms with E-state index in [1.54, 1.807) is 12.1 Å². The van der Waals surface area contributed by atoms with Crippen molar-refractivity contribution in [3.8, 4) is 5.75 Å². The average Bonchev–Trinajstić information content (AvgIpc) is 2.70. The van der Waals surface area contributed by atoms with Crippen LogP contribution in [0.5, 0.6) is 5.75 Å². The lowest BCUT2D eigenvalue weighted by atomic mass is 9.75. The van der Waals surface area contributed by atoms with Gasteiger partial charge in [0.2, 0.25) is 5.91 Å². The second-order valence-corrected chi connectivity index (χ2v) is 6.80. The van der Waals surface area contributed by atoms with Gasteiger partial charge in [0.1, 0.15) is 11.3 Å². The minimum Gasteiger partial charge on any atom is -0.507 e. The molecule has 30 heavy (non-hydrogen) atoms. The van der Waals surface area contributed by atoms with Crippen molar-refractivity contribution >= 4 is 19.0 Å². The van der Waals surface area contributed by atoms with E-state index in [1.165, 1.54) is 18.2 Å². The molecule has 2 aromatic rings. The maximum absolute atomic E-state index is 12.3. The molecule has 0 aliphatic carbocycles. The van der Waals surface area contributed by atoms with Gasteiger partial charge in [0, 0.05) is 13.1 Å². The molecule has 9 nitrogen and oxygen atoms in total. The molecule has 0 spiro atoms. The average molecular weight is 416 g/mol. The van der Waals surface area contributed by atoms with Gasteiger partial charge in [-0.3, -0.25) is 4.79 Å². The summed E-state index contributed by atoms with van der Waals surface area (Å²) in [6.07, 6.45) is -0.152. The van der Waals surface area contributed by atoms with Gasteiger partial charge in [-0.25, -0.2) is 4.79 Å². The van der Waals surface area contributed by atoms with Crippen LogP contribution in [0.4, 0.5) is 0 Å². The second kappa shape index (κ2) is 11.3. The van der Waals surface area contributed by atoms with Gasteiger partial charge in [-0.1, -0.05) is 36.4 Å². The van der Waals surface area contributed by atoms with E-state index < -0.39 is 30.7 Å². The monoisotopic (exact) mass is 416 g/mol. The van der Waals surface area contributed by atoms with Crippen LogP contribution >= 0.6 is 0 Å². The molecule has 0 aliphatic heterocycles. The van der Waals surface area contributed by atoms with E-state index in [9.17, 15) is 24.7 Å². The molecule has 0 heterocycles. The first-order chi connectivity index (χ1) is 14.3. The van der Waals surface area contributed by atoms with Crippen LogP contribution in [-0.2, 0) is 24.2 Å². The number of hydrogen-bond acceptors (Lipinski definition) is 7. The Bertz CT molecular complexity index is 859. The maximum Gasteiger partial charge on any atom is 0.475 e. The zero-order valence-corrected chi connectivity index (χ0v) is 16.3. The lowest BCUT2D eigenvalue weighted by Crippen LogP contribution is -2.48. The van der Waals surface area contributed by atoms with Crippen LogP contribution in [0.3, 0.4) is 0 Å². The summed E-state index contributed by atoms with van der Waals surface area (Å²) in [5.41, 5.74) is 1.58. The van der Waals surface area contributed by atoms with Gasteiger partial charge in [-0.15, -0.1) is 0 Å². The van der Waals surface area contributed by atoms with E-state index in [1.807, 2.05) is 12.1 Å². The Kier molecular flexibility index (Phi) is 8.81. The van der Waals surface area contributed by atoms with Gasteiger partial charge in [0.25, 0.3) is 0 Å². The topological polar surface area (TPSA) is 159 Å². The number of aromatic hydroxyl groups is 1. The molecule has 2 aromatic carbocycles. The standard InChI is InChI=1S/C20H25BN2O7/c24-9-8-22-12-14-6-4-13(5-7-14)10-18(25)23-17(21(29)30)11-15-2-1-3-16(19(15)26)20(27)28/h1-7,17,22,24,26,29-30H,8-12H2,(H,23,25)(H,27,28)/t17-/m0/s1. The number of carbonyl (C=O) groups excluding carboxylic acids is 1. The predicted molar refractivity (Wildman–Crippen MR) is 110 cm³/mol. The molecule has 10 heteroatoms. The van der Waals surface area contributed by atoms with Gasteiger partial charge in [0.15, 0.2) is 0 Å². The van der Waals surface area contributed by atoms with Crippen molar-refractivity contribution in [2.45, 2.75) is 25.3 Å². The summed E-state index contributed by atoms with van der Waals surface area (Å²) in [5, 5.41) is 52.7. The van der Waals surface area contributed by atoms with Crippen LogP contribution in [0, 0.1) is 0 Å². The zero-order valence-electron chi connectivity index (χ0n) is 16.3. The van der Waals surface area contributed by atoms with E-state index in [0.29, 0.717) is 13.1 Å². The fourth-order valence-electron chi connectivity index (χ4n) is 2.93. The molecule has 0 aliphatic rings. The normalized spacial score (nSPS) is 11.7. The second-order valence-electron chi connectivity index (χ2n) is 6.80. The van der Waals surface area contributed by atoms with Crippen LogP contribution in [-0.4, -0.2) is 63.5 Å². The van der Waals surface area contributed by atoms with E-state index >= 15 is 0 Å². The number of aliphatic hydroxyl groups excluding tert-OH is 1. The highest BCUT2D eigenvalue weighted by Gasteiger charge is 2.27. The lowest BCUT2D eigenvalue weighted by molar-refractivity contribution is -0.120. The third-order valence-corrected chi connectivity index (χ3v) is 4.50. The number of carboxylic acid groups (broad SMARTS) is 1. The Labute approximate surface area is 174 Å². The molecule has 0 saturated heterocycles. The first kappa shape index (κ1) is 23.4. The molecule has 1 amide bonds. The molecular formula is C20H25BN2O7. The number of aromatic carboxylic acids is 1. The first-order valence-corrected chi connectivity index (χ1v) is 9.41. The first-order valence-electron chi connectivity index (χ1n) is 9.41. The van der Waals surface area contributed by atoms with Gasteiger partial charge >= 0.3 is 13.1 Å². The van der Waals surface area contributed by atoms with Crippen LogP contribution < -0.4 is 10.6 Å². The van der Waals surface area contributed by atoms with Gasteiger partial charge in [-0.05, 0) is 29.2 Å². The number of carbonyl (C=O) groups is 2. The Balaban J connectivity index is 1.99. The van der Waals surface area contributed by atoms with Crippen LogP contribution in [0.2, 0.25) is 0 Å². The van der Waals surface area contributed by atoms with Crippen LogP contribution in [0.1, 0.15) is 27.0 Å². The lowest BCUT2D eigenvalue weighted by Gasteiger charge is -2.19. The molecule has 2 rings (SSSR count). The minimum absolute atomic E-state index is 0.00865. The van der Waals surface area contributed by atoms with Gasteiger partial charge in [0.05, 0.1) is 19.0 Å². The molecule has 7 N–H and O–H groups in total. The number of amides is 1. The Morgan fingerprint density at radius 2 is 1.70 bits per heavy atom.